The largest absolute Gasteiger partial charge is 0.382 e. The average Bonchev–Trinajstić information content (AvgIpc) is 2.08. The zero-order valence-electron chi connectivity index (χ0n) is 13.4. The van der Waals surface area contributed by atoms with Crippen molar-refractivity contribution in [1.82, 2.24) is 0 Å². The van der Waals surface area contributed by atoms with Crippen molar-refractivity contribution < 1.29 is 0 Å². The molecule has 1 aliphatic rings. The van der Waals surface area contributed by atoms with E-state index in [1.54, 1.807) is 0 Å². The van der Waals surface area contributed by atoms with Gasteiger partial charge in [0.05, 0.1) is 0 Å². The molecule has 0 bridgehead atoms. The van der Waals surface area contributed by atoms with Gasteiger partial charge in [-0.25, -0.2) is 0 Å². The van der Waals surface area contributed by atoms with Gasteiger partial charge >= 0.3 is 0 Å². The van der Waals surface area contributed by atoms with Crippen LogP contribution in [-0.4, -0.2) is 6.04 Å². The number of rotatable bonds is 2. The minimum atomic E-state index is 0.443. The molecule has 0 aliphatic heterocycles. The first-order chi connectivity index (χ1) is 8.65. The van der Waals surface area contributed by atoms with Crippen molar-refractivity contribution in [1.29, 1.82) is 0 Å². The van der Waals surface area contributed by atoms with E-state index in [0.717, 1.165) is 0 Å². The maximum absolute atomic E-state index is 3.77. The molecule has 0 spiro atoms. The topological polar surface area (TPSA) is 12.0 Å². The SMILES string of the molecule is Cc1cc(C)cc(NC2CC(C)(C)CC(C)(C)C2)c1. The number of anilines is 1. The van der Waals surface area contributed by atoms with E-state index in [2.05, 4.69) is 65.1 Å². The molecular formula is C18H29N. The van der Waals surface area contributed by atoms with Crippen LogP contribution in [0.4, 0.5) is 5.69 Å². The molecule has 0 unspecified atom stereocenters. The first-order valence-electron chi connectivity index (χ1n) is 7.50. The Hall–Kier alpha value is -0.980. The summed E-state index contributed by atoms with van der Waals surface area (Å²) in [6.07, 6.45) is 3.86. The van der Waals surface area contributed by atoms with Gasteiger partial charge in [-0.3, -0.25) is 0 Å². The Morgan fingerprint density at radius 2 is 1.37 bits per heavy atom. The van der Waals surface area contributed by atoms with Crippen molar-refractivity contribution >= 4 is 5.69 Å². The molecule has 0 saturated heterocycles. The van der Waals surface area contributed by atoms with Crippen LogP contribution in [0.25, 0.3) is 0 Å². The third-order valence-electron chi connectivity index (χ3n) is 4.15. The van der Waals surface area contributed by atoms with Gasteiger partial charge in [-0.15, -0.1) is 0 Å². The van der Waals surface area contributed by atoms with E-state index in [4.69, 9.17) is 0 Å². The summed E-state index contributed by atoms with van der Waals surface area (Å²) in [6.45, 7) is 14.0. The van der Waals surface area contributed by atoms with Crippen molar-refractivity contribution in [3.05, 3.63) is 29.3 Å². The Morgan fingerprint density at radius 3 is 1.84 bits per heavy atom. The molecule has 1 saturated carbocycles. The molecule has 1 heteroatoms. The molecule has 0 radical (unpaired) electrons. The van der Waals surface area contributed by atoms with Crippen LogP contribution >= 0.6 is 0 Å². The fourth-order valence-electron chi connectivity index (χ4n) is 4.24. The van der Waals surface area contributed by atoms with Gasteiger partial charge in [-0.05, 0) is 67.2 Å². The van der Waals surface area contributed by atoms with Crippen LogP contribution in [0.2, 0.25) is 0 Å². The van der Waals surface area contributed by atoms with Crippen LogP contribution in [0.15, 0.2) is 18.2 Å². The minimum absolute atomic E-state index is 0.443. The molecular weight excluding hydrogens is 230 g/mol. The second-order valence-corrected chi connectivity index (χ2v) is 8.13. The van der Waals surface area contributed by atoms with E-state index in [1.807, 2.05) is 0 Å². The highest BCUT2D eigenvalue weighted by molar-refractivity contribution is 5.49. The molecule has 1 aliphatic carbocycles. The van der Waals surface area contributed by atoms with Gasteiger partial charge in [-0.1, -0.05) is 33.8 Å². The molecule has 1 N–H and O–H groups in total. The fourth-order valence-corrected chi connectivity index (χ4v) is 4.24. The molecule has 19 heavy (non-hydrogen) atoms. The highest BCUT2D eigenvalue weighted by Gasteiger charge is 2.38. The van der Waals surface area contributed by atoms with Crippen LogP contribution in [0.1, 0.15) is 58.1 Å². The Kier molecular flexibility index (Phi) is 3.68. The van der Waals surface area contributed by atoms with Gasteiger partial charge < -0.3 is 5.32 Å². The van der Waals surface area contributed by atoms with Gasteiger partial charge in [0.1, 0.15) is 0 Å². The molecule has 1 aromatic rings. The maximum atomic E-state index is 3.77. The fraction of sp³-hybridized carbons (Fsp3) is 0.667. The lowest BCUT2D eigenvalue weighted by Crippen LogP contribution is -2.40. The first kappa shape index (κ1) is 14.4. The minimum Gasteiger partial charge on any atom is -0.382 e. The quantitative estimate of drug-likeness (QED) is 0.758. The second kappa shape index (κ2) is 4.85. The van der Waals surface area contributed by atoms with Crippen LogP contribution < -0.4 is 5.32 Å². The third kappa shape index (κ3) is 3.99. The van der Waals surface area contributed by atoms with Crippen LogP contribution in [0.3, 0.4) is 0 Å². The maximum Gasteiger partial charge on any atom is 0.0347 e. The van der Waals surface area contributed by atoms with E-state index < -0.39 is 0 Å². The Morgan fingerprint density at radius 1 is 0.895 bits per heavy atom. The van der Waals surface area contributed by atoms with Crippen molar-refractivity contribution in [3.8, 4) is 0 Å². The number of aryl methyl sites for hydroxylation is 2. The van der Waals surface area contributed by atoms with Gasteiger partial charge in [0.25, 0.3) is 0 Å². The van der Waals surface area contributed by atoms with Gasteiger partial charge in [0.15, 0.2) is 0 Å². The number of hydrogen-bond acceptors (Lipinski definition) is 1. The number of hydrogen-bond donors (Lipinski definition) is 1. The molecule has 1 fully saturated rings. The summed E-state index contributed by atoms with van der Waals surface area (Å²) in [7, 11) is 0. The molecule has 106 valence electrons. The Labute approximate surface area is 118 Å². The summed E-state index contributed by atoms with van der Waals surface area (Å²) < 4.78 is 0. The standard InChI is InChI=1S/C18H29N/c1-13-7-14(2)9-15(8-13)19-16-10-17(3,4)12-18(5,6)11-16/h7-9,16,19H,10-12H2,1-6H3. The van der Waals surface area contributed by atoms with Crippen molar-refractivity contribution in [2.45, 2.75) is 66.8 Å². The lowest BCUT2D eigenvalue weighted by Gasteiger charge is -2.45. The lowest BCUT2D eigenvalue weighted by molar-refractivity contribution is 0.105. The zero-order valence-corrected chi connectivity index (χ0v) is 13.4. The predicted octanol–water partition coefficient (Wildman–Crippen LogP) is 5.32. The van der Waals surface area contributed by atoms with Gasteiger partial charge in [0, 0.05) is 11.7 Å². The van der Waals surface area contributed by atoms with Crippen LogP contribution in [0.5, 0.6) is 0 Å². The Balaban J connectivity index is 2.14. The molecule has 1 aromatic carbocycles. The summed E-state index contributed by atoms with van der Waals surface area (Å²) in [6, 6.07) is 7.36. The van der Waals surface area contributed by atoms with Crippen molar-refractivity contribution in [3.63, 3.8) is 0 Å². The molecule has 0 heterocycles. The third-order valence-corrected chi connectivity index (χ3v) is 4.15. The molecule has 1 nitrogen and oxygen atoms in total. The summed E-state index contributed by atoms with van der Waals surface area (Å²) in [5.74, 6) is 0. The average molecular weight is 259 g/mol. The van der Waals surface area contributed by atoms with E-state index in [-0.39, 0.29) is 0 Å². The van der Waals surface area contributed by atoms with Crippen molar-refractivity contribution in [2.24, 2.45) is 10.8 Å². The van der Waals surface area contributed by atoms with E-state index in [0.29, 0.717) is 16.9 Å². The number of benzene rings is 1. The van der Waals surface area contributed by atoms with Crippen LogP contribution in [0, 0.1) is 24.7 Å². The Bertz CT molecular complexity index is 421. The first-order valence-corrected chi connectivity index (χ1v) is 7.50. The normalized spacial score (nSPS) is 22.2. The number of nitrogens with one attached hydrogen (secondary N) is 1. The highest BCUT2D eigenvalue weighted by atomic mass is 14.9. The molecule has 0 aromatic heterocycles. The zero-order chi connectivity index (χ0) is 14.3. The van der Waals surface area contributed by atoms with Gasteiger partial charge in [-0.2, -0.15) is 0 Å². The molecule has 0 amide bonds. The molecule has 0 atom stereocenters. The lowest BCUT2D eigenvalue weighted by atomic mass is 9.63. The smallest absolute Gasteiger partial charge is 0.0347 e. The summed E-state index contributed by atoms with van der Waals surface area (Å²) in [4.78, 5) is 0. The molecule has 2 rings (SSSR count). The van der Waals surface area contributed by atoms with Crippen molar-refractivity contribution in [2.75, 3.05) is 5.32 Å². The second-order valence-electron chi connectivity index (χ2n) is 8.13. The van der Waals surface area contributed by atoms with E-state index >= 15 is 0 Å². The summed E-state index contributed by atoms with van der Waals surface area (Å²) in [5, 5.41) is 3.77. The van der Waals surface area contributed by atoms with E-state index in [1.165, 1.54) is 36.1 Å². The van der Waals surface area contributed by atoms with E-state index in [9.17, 15) is 0 Å². The summed E-state index contributed by atoms with van der Waals surface area (Å²) in [5.41, 5.74) is 4.86. The predicted molar refractivity (Wildman–Crippen MR) is 84.7 cm³/mol. The van der Waals surface area contributed by atoms with Crippen LogP contribution in [-0.2, 0) is 0 Å². The summed E-state index contributed by atoms with van der Waals surface area (Å²) >= 11 is 0. The highest BCUT2D eigenvalue weighted by Crippen LogP contribution is 2.46. The van der Waals surface area contributed by atoms with Gasteiger partial charge in [0.2, 0.25) is 0 Å². The monoisotopic (exact) mass is 259 g/mol.